The first-order valence-corrected chi connectivity index (χ1v) is 6.47. The lowest BCUT2D eigenvalue weighted by molar-refractivity contribution is -0.143. The predicted molar refractivity (Wildman–Crippen MR) is 81.4 cm³/mol. The van der Waals surface area contributed by atoms with Crippen LogP contribution < -0.4 is 0 Å². The number of carbonyl (C=O) groups is 4. The molecular formula is C8H12O8S4. The fourth-order valence-corrected chi connectivity index (χ4v) is 1.08. The van der Waals surface area contributed by atoms with Crippen LogP contribution in [0.3, 0.4) is 0 Å². The summed E-state index contributed by atoms with van der Waals surface area (Å²) in [7, 11) is 0. The lowest BCUT2D eigenvalue weighted by Crippen LogP contribution is -2.31. The quantitative estimate of drug-likeness (QED) is 0.240. The molecule has 0 aliphatic heterocycles. The number of carboxylic acid groups (broad SMARTS) is 4. The zero-order chi connectivity index (χ0) is 16.7. The third-order valence-electron chi connectivity index (χ3n) is 1.55. The van der Waals surface area contributed by atoms with Crippen molar-refractivity contribution in [3.05, 3.63) is 0 Å². The minimum atomic E-state index is -1.77. The highest BCUT2D eigenvalue weighted by atomic mass is 32.2. The highest BCUT2D eigenvalue weighted by molar-refractivity contribution is 8.02. The van der Waals surface area contributed by atoms with E-state index < -0.39 is 44.9 Å². The Labute approximate surface area is 135 Å². The van der Waals surface area contributed by atoms with Gasteiger partial charge in [-0.2, -0.15) is 25.3 Å². The van der Waals surface area contributed by atoms with Crippen molar-refractivity contribution in [2.24, 2.45) is 0 Å². The van der Waals surface area contributed by atoms with Crippen molar-refractivity contribution >= 4 is 74.4 Å². The van der Waals surface area contributed by atoms with Crippen LogP contribution in [0.1, 0.15) is 6.42 Å². The molecule has 0 aromatic rings. The minimum absolute atomic E-state index is 0.617. The largest absolute Gasteiger partial charge is 0.481 e. The van der Waals surface area contributed by atoms with Crippen molar-refractivity contribution in [2.45, 2.75) is 21.0 Å². The Balaban J connectivity index is 0. The van der Waals surface area contributed by atoms with Gasteiger partial charge in [0.25, 0.3) is 0 Å². The van der Waals surface area contributed by atoms with Gasteiger partial charge in [-0.3, -0.25) is 14.4 Å². The predicted octanol–water partition coefficient (Wildman–Crippen LogP) is -0.146. The molecule has 0 saturated heterocycles. The van der Waals surface area contributed by atoms with Gasteiger partial charge < -0.3 is 20.4 Å². The molecule has 0 amide bonds. The fourth-order valence-electron chi connectivity index (χ4n) is 0.557. The van der Waals surface area contributed by atoms with Gasteiger partial charge in [0, 0.05) is 0 Å². The number of thiol groups is 4. The first-order valence-electron chi connectivity index (χ1n) is 4.54. The second-order valence-corrected chi connectivity index (χ2v) is 6.25. The lowest BCUT2D eigenvalue weighted by Gasteiger charge is -2.12. The lowest BCUT2D eigenvalue weighted by atomic mass is 10.3. The average molecular weight is 364 g/mol. The van der Waals surface area contributed by atoms with Crippen LogP contribution >= 0.6 is 50.5 Å². The van der Waals surface area contributed by atoms with Crippen molar-refractivity contribution in [2.75, 3.05) is 0 Å². The molecule has 0 fully saturated rings. The number of aliphatic carboxylic acids is 4. The second-order valence-electron chi connectivity index (χ2n) is 3.26. The van der Waals surface area contributed by atoms with Gasteiger partial charge in [0.2, 0.25) is 0 Å². The van der Waals surface area contributed by atoms with Gasteiger partial charge in [-0.05, 0) is 0 Å². The summed E-state index contributed by atoms with van der Waals surface area (Å²) in [6.45, 7) is 0. The Morgan fingerprint density at radius 3 is 1.25 bits per heavy atom. The van der Waals surface area contributed by atoms with Crippen LogP contribution in [-0.4, -0.2) is 58.9 Å². The number of rotatable bonds is 6. The van der Waals surface area contributed by atoms with E-state index in [1.54, 1.807) is 0 Å². The van der Waals surface area contributed by atoms with E-state index in [2.05, 4.69) is 50.5 Å². The standard InChI is InChI=1S/2C4H6O4S2/c5-2(6)1-4(9,10)3(7)8;5-3(6)1(9)2(10)4(7)8/h9-10H,1H2,(H,5,6)(H,7,8);1-2,9-10H,(H,5,6)(H,7,8). The third kappa shape index (κ3) is 9.23. The van der Waals surface area contributed by atoms with Crippen molar-refractivity contribution in [1.29, 1.82) is 0 Å². The first kappa shape index (κ1) is 21.6. The molecule has 12 heteroatoms. The monoisotopic (exact) mass is 364 g/mol. The summed E-state index contributed by atoms with van der Waals surface area (Å²) in [4.78, 5) is 40.2. The summed E-state index contributed by atoms with van der Waals surface area (Å²) >= 11 is 14.0. The molecule has 8 nitrogen and oxygen atoms in total. The van der Waals surface area contributed by atoms with Gasteiger partial charge in [-0.15, -0.1) is 25.3 Å². The molecule has 0 aliphatic rings. The van der Waals surface area contributed by atoms with Crippen LogP contribution in [-0.2, 0) is 19.2 Å². The molecule has 0 saturated carbocycles. The van der Waals surface area contributed by atoms with E-state index in [1.165, 1.54) is 0 Å². The SMILES string of the molecule is O=C(O)C(S)C(S)C(=O)O.O=C(O)CC(S)(S)C(=O)O. The summed E-state index contributed by atoms with van der Waals surface area (Å²) < 4.78 is -1.77. The van der Waals surface area contributed by atoms with Crippen LogP contribution in [0.2, 0.25) is 0 Å². The molecule has 0 aliphatic carbocycles. The van der Waals surface area contributed by atoms with E-state index in [0.29, 0.717) is 0 Å². The van der Waals surface area contributed by atoms with Crippen molar-refractivity contribution in [1.82, 2.24) is 0 Å². The number of carboxylic acids is 4. The zero-order valence-corrected chi connectivity index (χ0v) is 13.2. The topological polar surface area (TPSA) is 149 Å². The molecule has 0 spiro atoms. The molecule has 0 bridgehead atoms. The van der Waals surface area contributed by atoms with Gasteiger partial charge in [0.05, 0.1) is 6.42 Å². The Hall–Kier alpha value is -0.720. The van der Waals surface area contributed by atoms with Crippen molar-refractivity contribution < 1.29 is 39.6 Å². The summed E-state index contributed by atoms with van der Waals surface area (Å²) in [6.07, 6.45) is -0.617. The molecule has 2 atom stereocenters. The molecule has 4 N–H and O–H groups in total. The minimum Gasteiger partial charge on any atom is -0.481 e. The molecule has 0 heterocycles. The molecule has 20 heavy (non-hydrogen) atoms. The van der Waals surface area contributed by atoms with Gasteiger partial charge in [0.1, 0.15) is 10.5 Å². The molecule has 2 unspecified atom stereocenters. The van der Waals surface area contributed by atoms with Crippen molar-refractivity contribution in [3.8, 4) is 0 Å². The summed E-state index contributed by atoms with van der Waals surface area (Å²) in [6, 6.07) is 0. The van der Waals surface area contributed by atoms with E-state index in [9.17, 15) is 19.2 Å². The van der Waals surface area contributed by atoms with Crippen LogP contribution in [0.5, 0.6) is 0 Å². The normalized spacial score (nSPS) is 13.4. The highest BCUT2D eigenvalue weighted by Crippen LogP contribution is 2.23. The maximum atomic E-state index is 10.1. The van der Waals surface area contributed by atoms with E-state index >= 15 is 0 Å². The Morgan fingerprint density at radius 1 is 0.850 bits per heavy atom. The smallest absolute Gasteiger partial charge is 0.330 e. The van der Waals surface area contributed by atoms with Gasteiger partial charge in [-0.25, -0.2) is 4.79 Å². The highest BCUT2D eigenvalue weighted by Gasteiger charge is 2.32. The van der Waals surface area contributed by atoms with Gasteiger partial charge in [-0.1, -0.05) is 0 Å². The maximum absolute atomic E-state index is 10.1. The van der Waals surface area contributed by atoms with Gasteiger partial charge in [0.15, 0.2) is 4.08 Å². The van der Waals surface area contributed by atoms with E-state index in [-0.39, 0.29) is 0 Å². The maximum Gasteiger partial charge on any atom is 0.330 e. The molecule has 0 aromatic carbocycles. The second kappa shape index (κ2) is 9.26. The third-order valence-corrected chi connectivity index (χ3v) is 3.52. The average Bonchev–Trinajstić information content (AvgIpc) is 2.25. The van der Waals surface area contributed by atoms with E-state index in [4.69, 9.17) is 20.4 Å². The van der Waals surface area contributed by atoms with Crippen LogP contribution in [0.25, 0.3) is 0 Å². The fraction of sp³-hybridized carbons (Fsp3) is 0.500. The number of hydrogen-bond acceptors (Lipinski definition) is 8. The number of hydrogen-bond donors (Lipinski definition) is 8. The molecule has 0 aromatic heterocycles. The van der Waals surface area contributed by atoms with Crippen LogP contribution in [0.4, 0.5) is 0 Å². The zero-order valence-electron chi connectivity index (χ0n) is 9.57. The van der Waals surface area contributed by atoms with Crippen LogP contribution in [0.15, 0.2) is 0 Å². The molecular weight excluding hydrogens is 352 g/mol. The molecule has 0 radical (unpaired) electrons. The van der Waals surface area contributed by atoms with Gasteiger partial charge >= 0.3 is 23.9 Å². The van der Waals surface area contributed by atoms with E-state index in [0.717, 1.165) is 0 Å². The summed E-state index contributed by atoms with van der Waals surface area (Å²) in [5.41, 5.74) is 0. The van der Waals surface area contributed by atoms with Crippen molar-refractivity contribution in [3.63, 3.8) is 0 Å². The summed E-state index contributed by atoms with van der Waals surface area (Å²) in [5.74, 6) is -5.18. The first-order chi connectivity index (χ1) is 8.82. The molecule has 116 valence electrons. The Kier molecular flexibility index (Phi) is 9.99. The Bertz CT molecular complexity index is 378. The van der Waals surface area contributed by atoms with E-state index in [1.807, 2.05) is 0 Å². The summed E-state index contributed by atoms with van der Waals surface area (Å²) in [5, 5.41) is 30.3. The molecule has 0 rings (SSSR count). The van der Waals surface area contributed by atoms with Crippen LogP contribution in [0, 0.1) is 0 Å². The Morgan fingerprint density at radius 2 is 1.15 bits per heavy atom.